The smallest absolute Gasteiger partial charge is 0.233 e. The van der Waals surface area contributed by atoms with Crippen LogP contribution in [0.3, 0.4) is 0 Å². The fraction of sp³-hybridized carbons (Fsp3) is 0.571. The summed E-state index contributed by atoms with van der Waals surface area (Å²) in [6.45, 7) is 9.32. The number of methoxy groups -OCH3 is 1. The zero-order valence-corrected chi connectivity index (χ0v) is 24.7. The van der Waals surface area contributed by atoms with Gasteiger partial charge in [0.25, 0.3) is 0 Å². The maximum atomic E-state index is 15.1. The van der Waals surface area contributed by atoms with Crippen LogP contribution in [0.1, 0.15) is 45.6 Å². The van der Waals surface area contributed by atoms with Gasteiger partial charge in [-0.2, -0.15) is 4.98 Å². The van der Waals surface area contributed by atoms with Gasteiger partial charge in [0.2, 0.25) is 11.9 Å². The molecule has 1 aromatic carbocycles. The Hall–Kier alpha value is -3.12. The van der Waals surface area contributed by atoms with E-state index in [-0.39, 0.29) is 30.2 Å². The number of piperidine rings is 1. The Morgan fingerprint density at radius 3 is 2.65 bits per heavy atom. The third-order valence-electron chi connectivity index (χ3n) is 8.16. The molecule has 4 atom stereocenters. The van der Waals surface area contributed by atoms with Gasteiger partial charge in [-0.1, -0.05) is 19.9 Å². The summed E-state index contributed by atoms with van der Waals surface area (Å²) in [5.74, 6) is 1.90. The van der Waals surface area contributed by atoms with Gasteiger partial charge in [0.1, 0.15) is 22.0 Å². The molecule has 2 aromatic heterocycles. The second-order valence-electron chi connectivity index (χ2n) is 11.6. The molecule has 0 radical (unpaired) electrons. The van der Waals surface area contributed by atoms with Gasteiger partial charge >= 0.3 is 0 Å². The second-order valence-corrected chi connectivity index (χ2v) is 13.8. The van der Waals surface area contributed by atoms with E-state index in [1.165, 1.54) is 25.3 Å². The van der Waals surface area contributed by atoms with Gasteiger partial charge < -0.3 is 19.9 Å². The minimum atomic E-state index is -3.03. The second kappa shape index (κ2) is 10.7. The molecule has 40 heavy (non-hydrogen) atoms. The van der Waals surface area contributed by atoms with Crippen molar-refractivity contribution >= 4 is 44.0 Å². The molecule has 0 spiro atoms. The van der Waals surface area contributed by atoms with Crippen LogP contribution in [0.15, 0.2) is 30.7 Å². The molecular weight excluding hydrogens is 533 g/mol. The van der Waals surface area contributed by atoms with Crippen LogP contribution in [0, 0.1) is 5.92 Å². The molecule has 0 amide bonds. The summed E-state index contributed by atoms with van der Waals surface area (Å²) in [6.07, 6.45) is 4.63. The minimum absolute atomic E-state index is 0.109. The van der Waals surface area contributed by atoms with Crippen LogP contribution >= 0.6 is 0 Å². The molecule has 0 saturated carbocycles. The van der Waals surface area contributed by atoms with Crippen molar-refractivity contribution in [2.75, 3.05) is 53.9 Å². The Morgan fingerprint density at radius 2 is 2.00 bits per heavy atom. The zero-order chi connectivity index (χ0) is 28.8. The highest BCUT2D eigenvalue weighted by molar-refractivity contribution is 7.90. The van der Waals surface area contributed by atoms with Crippen molar-refractivity contribution in [3.63, 3.8) is 0 Å². The van der Waals surface area contributed by atoms with Crippen LogP contribution in [0.2, 0.25) is 0 Å². The molecule has 1 N–H and O–H groups in total. The number of ether oxygens (including phenoxy) is 1. The summed E-state index contributed by atoms with van der Waals surface area (Å²) in [6, 6.07) is 6.37. The van der Waals surface area contributed by atoms with Crippen LogP contribution in [0.4, 0.5) is 27.8 Å². The lowest BCUT2D eigenvalue weighted by Gasteiger charge is -2.48. The highest BCUT2D eigenvalue weighted by atomic mass is 32.2. The molecular formula is C28H38FN7O3S. The van der Waals surface area contributed by atoms with Crippen LogP contribution in [0.5, 0.6) is 0 Å². The van der Waals surface area contributed by atoms with Crippen molar-refractivity contribution < 1.29 is 17.5 Å². The molecule has 0 unspecified atom stereocenters. The maximum absolute atomic E-state index is 15.1. The van der Waals surface area contributed by atoms with E-state index < -0.39 is 21.6 Å². The Morgan fingerprint density at radius 1 is 1.23 bits per heavy atom. The van der Waals surface area contributed by atoms with Gasteiger partial charge in [-0.05, 0) is 49.3 Å². The Balaban J connectivity index is 1.40. The predicted octanol–water partition coefficient (Wildman–Crippen LogP) is 4.11. The van der Waals surface area contributed by atoms with Gasteiger partial charge in [-0.15, -0.1) is 0 Å². The van der Waals surface area contributed by atoms with E-state index >= 15 is 4.39 Å². The lowest BCUT2D eigenvalue weighted by molar-refractivity contribution is -0.0381. The minimum Gasteiger partial charge on any atom is -0.378 e. The third-order valence-corrected chi connectivity index (χ3v) is 9.20. The number of anilines is 4. The summed E-state index contributed by atoms with van der Waals surface area (Å²) in [4.78, 5) is 21.8. The molecule has 216 valence electrons. The summed E-state index contributed by atoms with van der Waals surface area (Å²) < 4.78 is 44.1. The summed E-state index contributed by atoms with van der Waals surface area (Å²) in [5.41, 5.74) is 0.716. The first kappa shape index (κ1) is 28.4. The third kappa shape index (κ3) is 5.69. The average molecular weight is 572 g/mol. The number of halogens is 1. The number of fused-ring (bicyclic) bond motifs is 1. The van der Waals surface area contributed by atoms with E-state index in [9.17, 15) is 8.42 Å². The summed E-state index contributed by atoms with van der Waals surface area (Å²) in [5, 5.41) is 5.28. The first-order chi connectivity index (χ1) is 18.9. The molecule has 2 aliphatic rings. The fourth-order valence-corrected chi connectivity index (χ4v) is 7.09. The Kier molecular flexibility index (Phi) is 7.60. The Bertz CT molecular complexity index is 1500. The number of nitrogens with zero attached hydrogens (tertiary/aromatic N) is 6. The number of aromatic nitrogens is 4. The average Bonchev–Trinajstić information content (AvgIpc) is 2.89. The summed E-state index contributed by atoms with van der Waals surface area (Å²) >= 11 is 0. The number of nitrogens with one attached hydrogen (secondary N) is 1. The molecule has 10 nitrogen and oxygen atoms in total. The van der Waals surface area contributed by atoms with Crippen LogP contribution < -0.4 is 15.1 Å². The normalized spacial score (nSPS) is 25.4. The highest BCUT2D eigenvalue weighted by Crippen LogP contribution is 2.39. The first-order valence-electron chi connectivity index (χ1n) is 13.7. The molecule has 12 heteroatoms. The number of alkyl halides is 1. The van der Waals surface area contributed by atoms with Gasteiger partial charge in [0.15, 0.2) is 5.67 Å². The van der Waals surface area contributed by atoms with Crippen LogP contribution in [-0.2, 0) is 14.6 Å². The van der Waals surface area contributed by atoms with Crippen molar-refractivity contribution in [2.24, 2.45) is 5.92 Å². The number of hydrogen-bond donors (Lipinski definition) is 1. The molecule has 2 fully saturated rings. The van der Waals surface area contributed by atoms with E-state index in [4.69, 9.17) is 4.74 Å². The lowest BCUT2D eigenvalue weighted by atomic mass is 9.88. The van der Waals surface area contributed by atoms with Gasteiger partial charge in [-0.3, -0.25) is 0 Å². The zero-order valence-electron chi connectivity index (χ0n) is 23.9. The van der Waals surface area contributed by atoms with Crippen molar-refractivity contribution in [1.82, 2.24) is 19.9 Å². The number of rotatable bonds is 8. The number of hydrogen-bond acceptors (Lipinski definition) is 10. The maximum Gasteiger partial charge on any atom is 0.233 e. The molecule has 0 bridgehead atoms. The molecule has 2 aliphatic heterocycles. The van der Waals surface area contributed by atoms with E-state index in [0.717, 1.165) is 16.5 Å². The van der Waals surface area contributed by atoms with Crippen molar-refractivity contribution in [2.45, 2.75) is 57.8 Å². The molecule has 0 aliphatic carbocycles. The van der Waals surface area contributed by atoms with Crippen molar-refractivity contribution in [3.05, 3.63) is 36.3 Å². The SMILES string of the molecule is CO[C@@H]1CCN(c2ncnc(Nc3cc4c(C(C)C)ccc(N5C[C@H](CS(C)(=O)=O)[C@H]5C)c4cn3)n2)C[C@]1(C)F. The van der Waals surface area contributed by atoms with Crippen LogP contribution in [0.25, 0.3) is 10.8 Å². The van der Waals surface area contributed by atoms with E-state index in [2.05, 4.69) is 63.1 Å². The molecule has 4 heterocycles. The first-order valence-corrected chi connectivity index (χ1v) is 15.7. The van der Waals surface area contributed by atoms with Gasteiger partial charge in [-0.25, -0.2) is 27.8 Å². The predicted molar refractivity (Wildman–Crippen MR) is 156 cm³/mol. The topological polar surface area (TPSA) is 113 Å². The number of sulfone groups is 1. The number of pyridine rings is 1. The lowest BCUT2D eigenvalue weighted by Crippen LogP contribution is -2.57. The van der Waals surface area contributed by atoms with Crippen LogP contribution in [-0.4, -0.2) is 84.9 Å². The van der Waals surface area contributed by atoms with Crippen molar-refractivity contribution in [1.29, 1.82) is 0 Å². The molecule has 2 saturated heterocycles. The van der Waals surface area contributed by atoms with Gasteiger partial charge in [0.05, 0.1) is 18.4 Å². The largest absolute Gasteiger partial charge is 0.378 e. The van der Waals surface area contributed by atoms with E-state index in [1.807, 2.05) is 17.2 Å². The monoisotopic (exact) mass is 571 g/mol. The van der Waals surface area contributed by atoms with E-state index in [0.29, 0.717) is 37.2 Å². The standard InChI is InChI=1S/C28H38FN7O3S/c1-17(2)20-7-8-23(36-13-19(18(36)3)14-40(6,37)38)22-12-30-25(11-21(20)22)33-26-31-16-32-27(34-26)35-10-9-24(39-5)28(4,29)15-35/h7-8,11-12,16-19,24H,9-10,13-15H2,1-6H3,(H,30,31,32,33,34)/t18-,19-,24-,28+/m1/s1. The highest BCUT2D eigenvalue weighted by Gasteiger charge is 2.41. The fourth-order valence-electron chi connectivity index (χ4n) is 5.93. The number of benzene rings is 1. The van der Waals surface area contributed by atoms with Crippen molar-refractivity contribution in [3.8, 4) is 0 Å². The summed E-state index contributed by atoms with van der Waals surface area (Å²) in [7, 11) is -1.49. The molecule has 5 rings (SSSR count). The van der Waals surface area contributed by atoms with E-state index in [1.54, 1.807) is 6.92 Å². The Labute approximate surface area is 235 Å². The quantitative estimate of drug-likeness (QED) is 0.424. The van der Waals surface area contributed by atoms with Gasteiger partial charge in [0, 0.05) is 55.7 Å². The molecule has 3 aromatic rings.